The summed E-state index contributed by atoms with van der Waals surface area (Å²) in [6, 6.07) is 9.19. The van der Waals surface area contributed by atoms with Crippen molar-refractivity contribution in [3.63, 3.8) is 0 Å². The van der Waals surface area contributed by atoms with Gasteiger partial charge in [0.25, 0.3) is 0 Å². The summed E-state index contributed by atoms with van der Waals surface area (Å²) < 4.78 is 0. The SMILES string of the molecule is O=C(NCCN1CCC(=C2c3ccccc3C=CC3CCCCC23)CC1)N1CCCCC1. The number of rotatable bonds is 3. The van der Waals surface area contributed by atoms with Crippen molar-refractivity contribution in [3.8, 4) is 0 Å². The van der Waals surface area contributed by atoms with Gasteiger partial charge in [-0.1, -0.05) is 54.8 Å². The second kappa shape index (κ2) is 10.2. The van der Waals surface area contributed by atoms with E-state index in [1.54, 1.807) is 11.1 Å². The summed E-state index contributed by atoms with van der Waals surface area (Å²) in [4.78, 5) is 16.9. The van der Waals surface area contributed by atoms with Crippen molar-refractivity contribution in [2.24, 2.45) is 11.8 Å². The number of benzene rings is 1. The van der Waals surface area contributed by atoms with Crippen molar-refractivity contribution >= 4 is 17.7 Å². The van der Waals surface area contributed by atoms with Gasteiger partial charge in [-0.05, 0) is 73.5 Å². The molecule has 2 aliphatic carbocycles. The van der Waals surface area contributed by atoms with Crippen LogP contribution in [0.4, 0.5) is 4.79 Å². The van der Waals surface area contributed by atoms with Crippen LogP contribution in [-0.4, -0.2) is 55.1 Å². The van der Waals surface area contributed by atoms with Gasteiger partial charge < -0.3 is 15.1 Å². The summed E-state index contributed by atoms with van der Waals surface area (Å²) in [6.07, 6.45) is 16.2. The highest BCUT2D eigenvalue weighted by Crippen LogP contribution is 2.46. The maximum atomic E-state index is 12.4. The molecule has 0 radical (unpaired) electrons. The van der Waals surface area contributed by atoms with E-state index in [1.165, 1.54) is 56.1 Å². The lowest BCUT2D eigenvalue weighted by molar-refractivity contribution is 0.183. The van der Waals surface area contributed by atoms with E-state index in [2.05, 4.69) is 46.6 Å². The fourth-order valence-electron chi connectivity index (χ4n) is 6.36. The number of piperidine rings is 2. The Morgan fingerprint density at radius 2 is 1.72 bits per heavy atom. The highest BCUT2D eigenvalue weighted by molar-refractivity contribution is 5.80. The van der Waals surface area contributed by atoms with E-state index < -0.39 is 0 Å². The third-order valence-electron chi connectivity index (χ3n) is 8.15. The number of hydrogen-bond donors (Lipinski definition) is 1. The number of carbonyl (C=O) groups is 1. The van der Waals surface area contributed by atoms with E-state index >= 15 is 0 Å². The Kier molecular flexibility index (Phi) is 6.97. The fraction of sp³-hybridized carbons (Fsp3) is 0.607. The molecular formula is C28H39N3O. The van der Waals surface area contributed by atoms with Crippen molar-refractivity contribution in [3.05, 3.63) is 47.0 Å². The zero-order valence-electron chi connectivity index (χ0n) is 19.5. The lowest BCUT2D eigenvalue weighted by atomic mass is 9.72. The second-order valence-electron chi connectivity index (χ2n) is 10.1. The Bertz CT molecular complexity index is 857. The van der Waals surface area contributed by atoms with Crippen LogP contribution in [0.15, 0.2) is 35.9 Å². The Hall–Kier alpha value is -2.07. The predicted molar refractivity (Wildman–Crippen MR) is 132 cm³/mol. The van der Waals surface area contributed by atoms with Gasteiger partial charge in [-0.15, -0.1) is 0 Å². The molecule has 4 aliphatic rings. The molecular weight excluding hydrogens is 394 g/mol. The molecule has 2 atom stereocenters. The van der Waals surface area contributed by atoms with Crippen molar-refractivity contribution in [1.29, 1.82) is 0 Å². The van der Waals surface area contributed by atoms with Gasteiger partial charge in [-0.2, -0.15) is 0 Å². The summed E-state index contributed by atoms with van der Waals surface area (Å²) in [7, 11) is 0. The number of allylic oxidation sites excluding steroid dienone is 2. The molecule has 2 unspecified atom stereocenters. The fourth-order valence-corrected chi connectivity index (χ4v) is 6.36. The molecule has 2 heterocycles. The summed E-state index contributed by atoms with van der Waals surface area (Å²) >= 11 is 0. The molecule has 1 saturated carbocycles. The highest BCUT2D eigenvalue weighted by atomic mass is 16.2. The number of fused-ring (bicyclic) bond motifs is 2. The molecule has 172 valence electrons. The Morgan fingerprint density at radius 3 is 2.56 bits per heavy atom. The Morgan fingerprint density at radius 1 is 0.938 bits per heavy atom. The zero-order chi connectivity index (χ0) is 21.8. The van der Waals surface area contributed by atoms with Gasteiger partial charge in [0.05, 0.1) is 0 Å². The minimum atomic E-state index is 0.135. The topological polar surface area (TPSA) is 35.6 Å². The first kappa shape index (κ1) is 21.8. The molecule has 0 spiro atoms. The molecule has 1 aromatic carbocycles. The van der Waals surface area contributed by atoms with Gasteiger partial charge in [0, 0.05) is 39.3 Å². The highest BCUT2D eigenvalue weighted by Gasteiger charge is 2.32. The third-order valence-corrected chi connectivity index (χ3v) is 8.15. The summed E-state index contributed by atoms with van der Waals surface area (Å²) in [5, 5.41) is 3.16. The van der Waals surface area contributed by atoms with Crippen molar-refractivity contribution in [2.75, 3.05) is 39.3 Å². The largest absolute Gasteiger partial charge is 0.337 e. The van der Waals surface area contributed by atoms with Crippen LogP contribution in [0, 0.1) is 11.8 Å². The molecule has 5 rings (SSSR count). The maximum absolute atomic E-state index is 12.4. The lowest BCUT2D eigenvalue weighted by Gasteiger charge is -2.36. The zero-order valence-corrected chi connectivity index (χ0v) is 19.5. The molecule has 3 fully saturated rings. The molecule has 2 amide bonds. The van der Waals surface area contributed by atoms with Crippen molar-refractivity contribution < 1.29 is 4.79 Å². The van der Waals surface area contributed by atoms with Gasteiger partial charge in [0.2, 0.25) is 0 Å². The predicted octanol–water partition coefficient (Wildman–Crippen LogP) is 5.56. The molecule has 4 heteroatoms. The van der Waals surface area contributed by atoms with Crippen LogP contribution in [0.1, 0.15) is 68.9 Å². The van der Waals surface area contributed by atoms with Crippen LogP contribution >= 0.6 is 0 Å². The van der Waals surface area contributed by atoms with Crippen LogP contribution < -0.4 is 5.32 Å². The van der Waals surface area contributed by atoms with E-state index in [1.807, 2.05) is 4.90 Å². The molecule has 2 saturated heterocycles. The van der Waals surface area contributed by atoms with E-state index in [0.717, 1.165) is 52.1 Å². The van der Waals surface area contributed by atoms with Crippen LogP contribution in [-0.2, 0) is 0 Å². The van der Waals surface area contributed by atoms with Gasteiger partial charge >= 0.3 is 6.03 Å². The van der Waals surface area contributed by atoms with E-state index in [4.69, 9.17) is 0 Å². The first-order valence-corrected chi connectivity index (χ1v) is 13.0. The summed E-state index contributed by atoms with van der Waals surface area (Å²) in [5.41, 5.74) is 6.29. The molecule has 2 aliphatic heterocycles. The second-order valence-corrected chi connectivity index (χ2v) is 10.1. The number of likely N-dealkylation sites (tertiary alicyclic amines) is 2. The molecule has 32 heavy (non-hydrogen) atoms. The normalized spacial score (nSPS) is 26.3. The third kappa shape index (κ3) is 4.80. The number of hydrogen-bond acceptors (Lipinski definition) is 2. The molecule has 0 bridgehead atoms. The van der Waals surface area contributed by atoms with Gasteiger partial charge in [0.1, 0.15) is 0 Å². The number of amides is 2. The van der Waals surface area contributed by atoms with E-state index in [0.29, 0.717) is 11.8 Å². The minimum absolute atomic E-state index is 0.135. The molecule has 0 aromatic heterocycles. The Balaban J connectivity index is 1.22. The average molecular weight is 434 g/mol. The number of nitrogens with one attached hydrogen (secondary N) is 1. The van der Waals surface area contributed by atoms with Crippen molar-refractivity contribution in [2.45, 2.75) is 57.8 Å². The number of nitrogens with zero attached hydrogens (tertiary/aromatic N) is 2. The molecule has 1 N–H and O–H groups in total. The first-order chi connectivity index (χ1) is 15.8. The number of urea groups is 1. The van der Waals surface area contributed by atoms with Crippen LogP contribution in [0.5, 0.6) is 0 Å². The van der Waals surface area contributed by atoms with E-state index in [9.17, 15) is 4.79 Å². The summed E-state index contributed by atoms with van der Waals surface area (Å²) in [6.45, 7) is 5.80. The minimum Gasteiger partial charge on any atom is -0.337 e. The molecule has 1 aromatic rings. The standard InChI is InChI=1S/C28H39N3O/c32-28(31-17-6-1-7-18-31)29-16-21-30-19-14-24(15-20-30)27-25-10-4-2-8-22(25)12-13-23-9-3-5-11-26(23)27/h2,4,8,10,12-13,23,26H,1,3,5-7,9,11,14-21H2,(H,29,32). The van der Waals surface area contributed by atoms with Crippen molar-refractivity contribution in [1.82, 2.24) is 15.1 Å². The average Bonchev–Trinajstić information content (AvgIpc) is 3.02. The van der Waals surface area contributed by atoms with Crippen LogP contribution in [0.2, 0.25) is 0 Å². The quantitative estimate of drug-likeness (QED) is 0.677. The number of carbonyl (C=O) groups excluding carboxylic acids is 1. The van der Waals surface area contributed by atoms with Crippen LogP contribution in [0.3, 0.4) is 0 Å². The van der Waals surface area contributed by atoms with E-state index in [-0.39, 0.29) is 6.03 Å². The molecule has 4 nitrogen and oxygen atoms in total. The Labute approximate surface area is 193 Å². The van der Waals surface area contributed by atoms with Gasteiger partial charge in [0.15, 0.2) is 0 Å². The lowest BCUT2D eigenvalue weighted by Crippen LogP contribution is -2.45. The smallest absolute Gasteiger partial charge is 0.317 e. The monoisotopic (exact) mass is 433 g/mol. The first-order valence-electron chi connectivity index (χ1n) is 13.0. The maximum Gasteiger partial charge on any atom is 0.317 e. The van der Waals surface area contributed by atoms with Gasteiger partial charge in [-0.3, -0.25) is 0 Å². The summed E-state index contributed by atoms with van der Waals surface area (Å²) in [5.74, 6) is 1.41. The van der Waals surface area contributed by atoms with Crippen LogP contribution in [0.25, 0.3) is 11.6 Å². The van der Waals surface area contributed by atoms with Gasteiger partial charge in [-0.25, -0.2) is 4.79 Å².